The van der Waals surface area contributed by atoms with Crippen molar-refractivity contribution in [1.29, 1.82) is 0 Å². The van der Waals surface area contributed by atoms with Gasteiger partial charge in [0.1, 0.15) is 11.4 Å². The largest absolute Gasteiger partial charge is 0.573 e. The van der Waals surface area contributed by atoms with E-state index in [1.165, 1.54) is 40.0 Å². The van der Waals surface area contributed by atoms with Crippen molar-refractivity contribution in [3.05, 3.63) is 53.6 Å². The summed E-state index contributed by atoms with van der Waals surface area (Å²) in [6.45, 7) is 0.982. The third-order valence-corrected chi connectivity index (χ3v) is 4.38. The molecule has 0 amide bonds. The molecule has 1 aromatic carbocycles. The number of carbonyl (C=O) groups excluding carboxylic acids is 1. The number of aromatic nitrogens is 6. The van der Waals surface area contributed by atoms with Crippen LogP contribution in [0, 0.1) is 0 Å². The van der Waals surface area contributed by atoms with E-state index >= 15 is 0 Å². The van der Waals surface area contributed by atoms with E-state index in [0.29, 0.717) is 31.5 Å². The molecule has 170 valence electrons. The summed E-state index contributed by atoms with van der Waals surface area (Å²) in [6.07, 6.45) is -0.247. The second-order valence-corrected chi connectivity index (χ2v) is 6.86. The number of aryl methyl sites for hydroxylation is 3. The summed E-state index contributed by atoms with van der Waals surface area (Å²) < 4.78 is 43.8. The van der Waals surface area contributed by atoms with Crippen molar-refractivity contribution in [2.45, 2.75) is 45.1 Å². The first-order valence-corrected chi connectivity index (χ1v) is 9.61. The van der Waals surface area contributed by atoms with Crippen LogP contribution in [0.25, 0.3) is 0 Å². The Balaban J connectivity index is 1.43. The Morgan fingerprint density at radius 2 is 1.62 bits per heavy atom. The van der Waals surface area contributed by atoms with Gasteiger partial charge < -0.3 is 9.84 Å². The monoisotopic (exact) mass is 452 g/mol. The van der Waals surface area contributed by atoms with Crippen LogP contribution >= 0.6 is 0 Å². The normalized spacial score (nSPS) is 11.5. The van der Waals surface area contributed by atoms with Gasteiger partial charge in [0.2, 0.25) is 0 Å². The summed E-state index contributed by atoms with van der Waals surface area (Å²) in [4.78, 5) is 23.1. The first-order valence-electron chi connectivity index (χ1n) is 9.61. The first kappa shape index (κ1) is 22.9. The van der Waals surface area contributed by atoms with Crippen LogP contribution in [0.4, 0.5) is 13.2 Å². The summed E-state index contributed by atoms with van der Waals surface area (Å²) in [5.74, 6) is -1.75. The topological polar surface area (TPSA) is 125 Å². The Labute approximate surface area is 179 Å². The van der Waals surface area contributed by atoms with Gasteiger partial charge in [0.15, 0.2) is 11.5 Å². The number of unbranched alkanes of at least 4 members (excludes halogenated alkanes) is 1. The Morgan fingerprint density at radius 1 is 1.00 bits per heavy atom. The number of hydrogen-bond donors (Lipinski definition) is 1. The number of benzene rings is 1. The molecule has 0 bridgehead atoms. The zero-order valence-electron chi connectivity index (χ0n) is 16.7. The lowest BCUT2D eigenvalue weighted by atomic mass is 10.1. The van der Waals surface area contributed by atoms with Gasteiger partial charge in [-0.25, -0.2) is 4.79 Å². The zero-order valence-corrected chi connectivity index (χ0v) is 16.7. The lowest BCUT2D eigenvalue weighted by Gasteiger charge is -2.09. The van der Waals surface area contributed by atoms with Gasteiger partial charge >= 0.3 is 12.3 Å². The van der Waals surface area contributed by atoms with Crippen LogP contribution in [0.1, 0.15) is 45.8 Å². The van der Waals surface area contributed by atoms with Crippen LogP contribution < -0.4 is 4.74 Å². The van der Waals surface area contributed by atoms with E-state index in [1.54, 1.807) is 6.07 Å². The molecule has 10 nitrogen and oxygen atoms in total. The molecule has 0 atom stereocenters. The summed E-state index contributed by atoms with van der Waals surface area (Å²) in [5, 5.41) is 23.8. The highest BCUT2D eigenvalue weighted by molar-refractivity contribution is 5.93. The molecule has 2 heterocycles. The van der Waals surface area contributed by atoms with E-state index in [-0.39, 0.29) is 35.8 Å². The Morgan fingerprint density at radius 3 is 2.22 bits per heavy atom. The smallest absolute Gasteiger partial charge is 0.476 e. The molecule has 3 rings (SSSR count). The van der Waals surface area contributed by atoms with Crippen LogP contribution in [0.3, 0.4) is 0 Å². The number of hydrogen-bond acceptors (Lipinski definition) is 7. The molecular weight excluding hydrogens is 433 g/mol. The summed E-state index contributed by atoms with van der Waals surface area (Å²) in [5.41, 5.74) is 0.589. The fourth-order valence-electron chi connectivity index (χ4n) is 2.87. The van der Waals surface area contributed by atoms with E-state index in [0.717, 1.165) is 0 Å². The second kappa shape index (κ2) is 10.0. The number of halogens is 3. The summed E-state index contributed by atoms with van der Waals surface area (Å²) in [7, 11) is 0. The van der Waals surface area contributed by atoms with E-state index in [9.17, 15) is 22.8 Å². The van der Waals surface area contributed by atoms with Crippen LogP contribution in [0.2, 0.25) is 0 Å². The number of rotatable bonds is 11. The molecule has 0 spiro atoms. The third kappa shape index (κ3) is 6.89. The van der Waals surface area contributed by atoms with E-state index in [1.807, 2.05) is 0 Å². The van der Waals surface area contributed by atoms with Gasteiger partial charge in [-0.05, 0) is 37.0 Å². The maximum absolute atomic E-state index is 12.3. The van der Waals surface area contributed by atoms with Gasteiger partial charge in [0, 0.05) is 19.5 Å². The molecule has 0 radical (unpaired) electrons. The molecule has 1 N–H and O–H groups in total. The van der Waals surface area contributed by atoms with Crippen LogP contribution in [0.5, 0.6) is 5.75 Å². The molecule has 2 aromatic heterocycles. The van der Waals surface area contributed by atoms with Gasteiger partial charge in [-0.2, -0.15) is 0 Å². The van der Waals surface area contributed by atoms with E-state index < -0.39 is 12.3 Å². The highest BCUT2D eigenvalue weighted by atomic mass is 19.4. The quantitative estimate of drug-likeness (QED) is 0.348. The van der Waals surface area contributed by atoms with Crippen LogP contribution in [0.15, 0.2) is 36.7 Å². The lowest BCUT2D eigenvalue weighted by Crippen LogP contribution is -2.17. The number of Topliss-reactive ketones (excluding diaryl/α,β-unsaturated/α-hetero) is 1. The molecule has 13 heteroatoms. The fraction of sp³-hybridized carbons (Fsp3) is 0.368. The minimum Gasteiger partial charge on any atom is -0.476 e. The molecule has 0 saturated carbocycles. The molecular formula is C19H19F3N6O4. The second-order valence-electron chi connectivity index (χ2n) is 6.86. The number of nitrogens with zero attached hydrogens (tertiary/aromatic N) is 6. The molecule has 0 saturated heterocycles. The Bertz CT molecular complexity index is 1080. The van der Waals surface area contributed by atoms with Crippen LogP contribution in [-0.2, 0) is 19.5 Å². The number of carbonyl (C=O) groups is 2. The van der Waals surface area contributed by atoms with Crippen molar-refractivity contribution < 1.29 is 32.6 Å². The zero-order chi connectivity index (χ0) is 23.1. The minimum absolute atomic E-state index is 0.0619. The number of carboxylic acids is 1. The predicted molar refractivity (Wildman–Crippen MR) is 102 cm³/mol. The van der Waals surface area contributed by atoms with Crippen molar-refractivity contribution >= 4 is 11.8 Å². The van der Waals surface area contributed by atoms with Crippen molar-refractivity contribution in [3.63, 3.8) is 0 Å². The molecule has 0 aliphatic rings. The van der Waals surface area contributed by atoms with Gasteiger partial charge in [0.25, 0.3) is 0 Å². The maximum atomic E-state index is 12.3. The first-order chi connectivity index (χ1) is 15.2. The van der Waals surface area contributed by atoms with Crippen molar-refractivity contribution in [2.24, 2.45) is 0 Å². The van der Waals surface area contributed by atoms with Gasteiger partial charge in [-0.3, -0.25) is 14.2 Å². The standard InChI is InChI=1S/C19H19F3N6O4/c20-19(21,22)32-14-5-3-4-13(10-14)6-7-17(29)15-11-27(25-23-15)8-1-2-9-28-12-16(18(30)31)24-26-28/h3-5,10-12H,1-2,6-9H2,(H,30,31). The Kier molecular flexibility index (Phi) is 7.18. The van der Waals surface area contributed by atoms with E-state index in [2.05, 4.69) is 25.4 Å². The lowest BCUT2D eigenvalue weighted by molar-refractivity contribution is -0.274. The minimum atomic E-state index is -4.77. The van der Waals surface area contributed by atoms with Gasteiger partial charge in [0.05, 0.1) is 12.4 Å². The number of ether oxygens (including phenoxy) is 1. The predicted octanol–water partition coefficient (Wildman–Crippen LogP) is 2.76. The fourth-order valence-corrected chi connectivity index (χ4v) is 2.87. The number of aromatic carboxylic acids is 1. The average Bonchev–Trinajstić information content (AvgIpc) is 3.38. The van der Waals surface area contributed by atoms with Gasteiger partial charge in [-0.15, -0.1) is 23.4 Å². The number of carboxylic acid groups (broad SMARTS) is 1. The molecule has 0 unspecified atom stereocenters. The highest BCUT2D eigenvalue weighted by Gasteiger charge is 2.31. The molecule has 0 fully saturated rings. The highest BCUT2D eigenvalue weighted by Crippen LogP contribution is 2.23. The molecule has 3 aromatic rings. The van der Waals surface area contributed by atoms with E-state index in [4.69, 9.17) is 5.11 Å². The maximum Gasteiger partial charge on any atom is 0.573 e. The molecule has 0 aliphatic carbocycles. The van der Waals surface area contributed by atoms with Gasteiger partial charge in [-0.1, -0.05) is 22.6 Å². The third-order valence-electron chi connectivity index (χ3n) is 4.38. The average molecular weight is 452 g/mol. The number of alkyl halides is 3. The van der Waals surface area contributed by atoms with Crippen molar-refractivity contribution in [3.8, 4) is 5.75 Å². The van der Waals surface area contributed by atoms with Crippen molar-refractivity contribution in [1.82, 2.24) is 30.0 Å². The summed E-state index contributed by atoms with van der Waals surface area (Å²) in [6, 6.07) is 5.48. The Hall–Kier alpha value is -3.77. The SMILES string of the molecule is O=C(O)c1cn(CCCCn2cc(C(=O)CCc3cccc(OC(F)(F)F)c3)nn2)nn1. The number of ketones is 1. The molecule has 0 aliphatic heterocycles. The van der Waals surface area contributed by atoms with Crippen LogP contribution in [-0.4, -0.2) is 53.2 Å². The summed E-state index contributed by atoms with van der Waals surface area (Å²) >= 11 is 0. The molecule has 32 heavy (non-hydrogen) atoms. The van der Waals surface area contributed by atoms with Crippen molar-refractivity contribution in [2.75, 3.05) is 0 Å².